The number of sulfonamides is 1. The molecule has 0 atom stereocenters. The van der Waals surface area contributed by atoms with Gasteiger partial charge in [-0.15, -0.1) is 11.3 Å². The van der Waals surface area contributed by atoms with Gasteiger partial charge in [-0.05, 0) is 42.0 Å². The van der Waals surface area contributed by atoms with Crippen molar-refractivity contribution in [3.05, 3.63) is 41.2 Å². The highest BCUT2D eigenvalue weighted by Gasteiger charge is 2.39. The minimum Gasteiger partial charge on any atom is -0.468 e. The second kappa shape index (κ2) is 5.33. The first-order valence-corrected chi connectivity index (χ1v) is 8.75. The maximum Gasteiger partial charge on any atom is 0.253 e. The van der Waals surface area contributed by atoms with Crippen LogP contribution in [0.4, 0.5) is 0 Å². The molecular formula is C13H16N2O3S2. The van der Waals surface area contributed by atoms with Gasteiger partial charge in [-0.25, -0.2) is 8.42 Å². The van der Waals surface area contributed by atoms with E-state index in [0.29, 0.717) is 16.5 Å². The van der Waals surface area contributed by atoms with Crippen LogP contribution in [0.5, 0.6) is 0 Å². The van der Waals surface area contributed by atoms with Gasteiger partial charge in [-0.3, -0.25) is 0 Å². The summed E-state index contributed by atoms with van der Waals surface area (Å²) >= 11 is 1.23. The summed E-state index contributed by atoms with van der Waals surface area (Å²) in [5.41, 5.74) is 6.40. The first-order chi connectivity index (χ1) is 9.61. The van der Waals surface area contributed by atoms with Gasteiger partial charge in [-0.1, -0.05) is 0 Å². The van der Waals surface area contributed by atoms with Crippen LogP contribution in [0.2, 0.25) is 0 Å². The van der Waals surface area contributed by atoms with Crippen molar-refractivity contribution in [3.63, 3.8) is 0 Å². The van der Waals surface area contributed by atoms with Gasteiger partial charge in [-0.2, -0.15) is 4.31 Å². The Balaban J connectivity index is 1.89. The predicted octanol–water partition coefficient (Wildman–Crippen LogP) is 2.15. The van der Waals surface area contributed by atoms with Crippen LogP contribution in [0.3, 0.4) is 0 Å². The van der Waals surface area contributed by atoms with Crippen molar-refractivity contribution in [3.8, 4) is 0 Å². The molecule has 0 bridgehead atoms. The van der Waals surface area contributed by atoms with Gasteiger partial charge >= 0.3 is 0 Å². The lowest BCUT2D eigenvalue weighted by Gasteiger charge is -2.19. The van der Waals surface area contributed by atoms with Gasteiger partial charge in [0.2, 0.25) is 0 Å². The van der Waals surface area contributed by atoms with Gasteiger partial charge < -0.3 is 10.2 Å². The number of rotatable bonds is 6. The Labute approximate surface area is 122 Å². The van der Waals surface area contributed by atoms with E-state index in [4.69, 9.17) is 10.2 Å². The normalized spacial score (nSPS) is 15.9. The molecule has 7 heteroatoms. The number of hydrogen-bond donors (Lipinski definition) is 1. The highest BCUT2D eigenvalue weighted by molar-refractivity contribution is 7.91. The lowest BCUT2D eigenvalue weighted by atomic mass is 10.4. The largest absolute Gasteiger partial charge is 0.468 e. The van der Waals surface area contributed by atoms with Gasteiger partial charge in [0, 0.05) is 12.6 Å². The second-order valence-corrected chi connectivity index (χ2v) is 7.87. The first kappa shape index (κ1) is 13.8. The van der Waals surface area contributed by atoms with E-state index in [0.717, 1.165) is 18.4 Å². The summed E-state index contributed by atoms with van der Waals surface area (Å²) in [6.07, 6.45) is 3.38. The molecule has 3 rings (SSSR count). The van der Waals surface area contributed by atoms with Gasteiger partial charge in [0.1, 0.15) is 9.97 Å². The number of nitrogens with two attached hydrogens (primary N) is 1. The third kappa shape index (κ3) is 2.67. The van der Waals surface area contributed by atoms with Crippen LogP contribution in [0.1, 0.15) is 24.2 Å². The van der Waals surface area contributed by atoms with E-state index in [1.54, 1.807) is 29.8 Å². The molecule has 1 aliphatic rings. The molecule has 0 saturated heterocycles. The van der Waals surface area contributed by atoms with Gasteiger partial charge in [0.05, 0.1) is 12.8 Å². The van der Waals surface area contributed by atoms with Crippen LogP contribution in [-0.2, 0) is 23.1 Å². The Hall–Kier alpha value is -1.15. The monoisotopic (exact) mass is 312 g/mol. The summed E-state index contributed by atoms with van der Waals surface area (Å²) < 4.78 is 32.6. The first-order valence-electron chi connectivity index (χ1n) is 6.43. The molecular weight excluding hydrogens is 296 g/mol. The van der Waals surface area contributed by atoms with Crippen LogP contribution in [0, 0.1) is 0 Å². The molecule has 2 N–H and O–H groups in total. The molecule has 1 fully saturated rings. The Kier molecular flexibility index (Phi) is 3.68. The standard InChI is InChI=1S/C13H16N2O3S2/c14-7-10-6-13(19-9-10)20(16,17)15(11-3-4-11)8-12-2-1-5-18-12/h1-2,5-6,9,11H,3-4,7-8,14H2. The van der Waals surface area contributed by atoms with Crippen LogP contribution in [0.25, 0.3) is 0 Å². The minimum atomic E-state index is -3.47. The molecule has 108 valence electrons. The SMILES string of the molecule is NCc1csc(S(=O)(=O)N(Cc2ccco2)C2CC2)c1. The number of thiophene rings is 1. The number of hydrogen-bond acceptors (Lipinski definition) is 5. The van der Waals surface area contributed by atoms with Crippen molar-refractivity contribution in [1.29, 1.82) is 0 Å². The molecule has 5 nitrogen and oxygen atoms in total. The zero-order chi connectivity index (χ0) is 14.2. The quantitative estimate of drug-likeness (QED) is 0.886. The van der Waals surface area contributed by atoms with Crippen molar-refractivity contribution < 1.29 is 12.8 Å². The van der Waals surface area contributed by atoms with E-state index in [1.165, 1.54) is 15.6 Å². The third-order valence-corrected chi connectivity index (χ3v) is 6.64. The van der Waals surface area contributed by atoms with E-state index >= 15 is 0 Å². The van der Waals surface area contributed by atoms with Crippen molar-refractivity contribution in [2.45, 2.75) is 36.2 Å². The second-order valence-electron chi connectivity index (χ2n) is 4.84. The fourth-order valence-corrected chi connectivity index (χ4v) is 5.04. The van der Waals surface area contributed by atoms with E-state index < -0.39 is 10.0 Å². The van der Waals surface area contributed by atoms with E-state index in [2.05, 4.69) is 0 Å². The van der Waals surface area contributed by atoms with Crippen LogP contribution < -0.4 is 5.73 Å². The van der Waals surface area contributed by atoms with Crippen molar-refractivity contribution in [2.75, 3.05) is 0 Å². The van der Waals surface area contributed by atoms with Crippen molar-refractivity contribution >= 4 is 21.4 Å². The number of nitrogens with zero attached hydrogens (tertiary/aromatic N) is 1. The van der Waals surface area contributed by atoms with Gasteiger partial charge in [0.25, 0.3) is 10.0 Å². The summed E-state index contributed by atoms with van der Waals surface area (Å²) in [6.45, 7) is 0.642. The fourth-order valence-electron chi connectivity index (χ4n) is 2.04. The molecule has 20 heavy (non-hydrogen) atoms. The molecule has 1 aliphatic carbocycles. The van der Waals surface area contributed by atoms with Crippen molar-refractivity contribution in [1.82, 2.24) is 4.31 Å². The maximum atomic E-state index is 12.7. The molecule has 2 aromatic heterocycles. The summed E-state index contributed by atoms with van der Waals surface area (Å²) in [4.78, 5) is 0. The lowest BCUT2D eigenvalue weighted by molar-refractivity contribution is 0.357. The summed E-state index contributed by atoms with van der Waals surface area (Å²) in [7, 11) is -3.47. The smallest absolute Gasteiger partial charge is 0.253 e. The fraction of sp³-hybridized carbons (Fsp3) is 0.385. The molecule has 0 unspecified atom stereocenters. The summed E-state index contributed by atoms with van der Waals surface area (Å²) in [6, 6.07) is 5.32. The van der Waals surface area contributed by atoms with E-state index in [9.17, 15) is 8.42 Å². The Morgan fingerprint density at radius 2 is 2.25 bits per heavy atom. The Morgan fingerprint density at radius 3 is 2.80 bits per heavy atom. The van der Waals surface area contributed by atoms with Crippen LogP contribution in [0.15, 0.2) is 38.5 Å². The van der Waals surface area contributed by atoms with Crippen molar-refractivity contribution in [2.24, 2.45) is 5.73 Å². The third-order valence-electron chi connectivity index (χ3n) is 3.27. The molecule has 2 aromatic rings. The molecule has 0 spiro atoms. The average molecular weight is 312 g/mol. The van der Waals surface area contributed by atoms with Crippen LogP contribution >= 0.6 is 11.3 Å². The molecule has 0 amide bonds. The topological polar surface area (TPSA) is 76.5 Å². The molecule has 0 aliphatic heterocycles. The molecule has 0 aromatic carbocycles. The highest BCUT2D eigenvalue weighted by Crippen LogP contribution is 2.35. The zero-order valence-corrected chi connectivity index (χ0v) is 12.5. The highest BCUT2D eigenvalue weighted by atomic mass is 32.2. The Bertz CT molecular complexity index is 672. The Morgan fingerprint density at radius 1 is 1.45 bits per heavy atom. The number of furan rings is 1. The maximum absolute atomic E-state index is 12.7. The minimum absolute atomic E-state index is 0.0912. The van der Waals surface area contributed by atoms with Gasteiger partial charge in [0.15, 0.2) is 0 Å². The lowest BCUT2D eigenvalue weighted by Crippen LogP contribution is -2.32. The molecule has 0 radical (unpaired) electrons. The zero-order valence-electron chi connectivity index (χ0n) is 10.9. The van der Waals surface area contributed by atoms with E-state index in [-0.39, 0.29) is 12.6 Å². The average Bonchev–Trinajstić information content (AvgIpc) is 2.96. The van der Waals surface area contributed by atoms with Crippen LogP contribution in [-0.4, -0.2) is 18.8 Å². The molecule has 2 heterocycles. The summed E-state index contributed by atoms with van der Waals surface area (Å²) in [5, 5.41) is 1.80. The predicted molar refractivity (Wildman–Crippen MR) is 76.7 cm³/mol. The molecule has 1 saturated carbocycles. The summed E-state index contributed by atoms with van der Waals surface area (Å²) in [5.74, 6) is 0.663. The van der Waals surface area contributed by atoms with E-state index in [1.807, 2.05) is 0 Å².